The van der Waals surface area contributed by atoms with Gasteiger partial charge in [-0.15, -0.1) is 0 Å². The summed E-state index contributed by atoms with van der Waals surface area (Å²) in [5.41, 5.74) is 0.599. The predicted molar refractivity (Wildman–Crippen MR) is 71.6 cm³/mol. The molecule has 0 fully saturated rings. The van der Waals surface area contributed by atoms with E-state index in [0.29, 0.717) is 29.8 Å². The molecule has 5 nitrogen and oxygen atoms in total. The number of aromatic amines is 1. The van der Waals surface area contributed by atoms with Gasteiger partial charge in [0.05, 0.1) is 30.3 Å². The quantitative estimate of drug-likeness (QED) is 0.745. The Balaban J connectivity index is 1.76. The summed E-state index contributed by atoms with van der Waals surface area (Å²) in [6, 6.07) is 11.0. The first-order valence-corrected chi connectivity index (χ1v) is 6.04. The first kappa shape index (κ1) is 11.7. The number of H-pyrrole nitrogens is 1. The Labute approximate surface area is 109 Å². The van der Waals surface area contributed by atoms with Crippen LogP contribution < -0.4 is 10.9 Å². The lowest BCUT2D eigenvalue weighted by molar-refractivity contribution is 0.480. The van der Waals surface area contributed by atoms with Gasteiger partial charge in [-0.25, -0.2) is 4.98 Å². The fraction of sp³-hybridized carbons (Fsp3) is 0.143. The molecule has 19 heavy (non-hydrogen) atoms. The van der Waals surface area contributed by atoms with E-state index in [9.17, 15) is 4.79 Å². The fourth-order valence-corrected chi connectivity index (χ4v) is 1.94. The number of hydrogen-bond donors (Lipinski definition) is 2. The van der Waals surface area contributed by atoms with Gasteiger partial charge in [0.15, 0.2) is 0 Å². The molecule has 0 amide bonds. The van der Waals surface area contributed by atoms with Gasteiger partial charge in [-0.3, -0.25) is 4.79 Å². The molecular weight excluding hydrogens is 242 g/mol. The first-order chi connectivity index (χ1) is 9.33. The van der Waals surface area contributed by atoms with Gasteiger partial charge in [0.1, 0.15) is 11.6 Å². The Morgan fingerprint density at radius 1 is 1.16 bits per heavy atom. The molecule has 2 aromatic heterocycles. The van der Waals surface area contributed by atoms with Crippen LogP contribution in [0.5, 0.6) is 0 Å². The lowest BCUT2D eigenvalue weighted by Crippen LogP contribution is -2.19. The second-order valence-electron chi connectivity index (χ2n) is 4.21. The predicted octanol–water partition coefficient (Wildman–Crippen LogP) is 1.81. The minimum absolute atomic E-state index is 0.111. The van der Waals surface area contributed by atoms with Crippen molar-refractivity contribution in [2.45, 2.75) is 13.1 Å². The van der Waals surface area contributed by atoms with E-state index in [1.54, 1.807) is 12.3 Å². The van der Waals surface area contributed by atoms with Crippen molar-refractivity contribution in [1.82, 2.24) is 15.3 Å². The van der Waals surface area contributed by atoms with Gasteiger partial charge in [-0.1, -0.05) is 12.1 Å². The summed E-state index contributed by atoms with van der Waals surface area (Å²) in [6.45, 7) is 1.09. The molecule has 0 atom stereocenters. The van der Waals surface area contributed by atoms with Crippen LogP contribution in [0.4, 0.5) is 0 Å². The highest BCUT2D eigenvalue weighted by Crippen LogP contribution is 2.05. The van der Waals surface area contributed by atoms with E-state index in [1.165, 1.54) is 0 Å². The SMILES string of the molecule is O=c1[nH]c(CNCc2ccco2)nc2ccccc12. The topological polar surface area (TPSA) is 70.9 Å². The first-order valence-electron chi connectivity index (χ1n) is 6.04. The van der Waals surface area contributed by atoms with Crippen LogP contribution >= 0.6 is 0 Å². The van der Waals surface area contributed by atoms with Crippen LogP contribution in [0, 0.1) is 0 Å². The van der Waals surface area contributed by atoms with Gasteiger partial charge in [-0.2, -0.15) is 0 Å². The van der Waals surface area contributed by atoms with E-state index >= 15 is 0 Å². The molecule has 2 heterocycles. The van der Waals surface area contributed by atoms with E-state index in [-0.39, 0.29) is 5.56 Å². The second-order valence-corrected chi connectivity index (χ2v) is 4.21. The number of hydrogen-bond acceptors (Lipinski definition) is 4. The summed E-state index contributed by atoms with van der Waals surface area (Å²) in [6.07, 6.45) is 1.63. The van der Waals surface area contributed by atoms with Crippen molar-refractivity contribution in [2.24, 2.45) is 0 Å². The van der Waals surface area contributed by atoms with Crippen LogP contribution in [0.25, 0.3) is 10.9 Å². The summed E-state index contributed by atoms with van der Waals surface area (Å²) < 4.78 is 5.21. The zero-order valence-corrected chi connectivity index (χ0v) is 10.2. The molecular formula is C14H13N3O2. The molecule has 3 aromatic rings. The molecule has 0 aliphatic heterocycles. The number of nitrogens with one attached hydrogen (secondary N) is 2. The van der Waals surface area contributed by atoms with Crippen LogP contribution in [0.3, 0.4) is 0 Å². The number of fused-ring (bicyclic) bond motifs is 1. The van der Waals surface area contributed by atoms with E-state index < -0.39 is 0 Å². The van der Waals surface area contributed by atoms with Crippen LogP contribution in [0.1, 0.15) is 11.6 Å². The van der Waals surface area contributed by atoms with Crippen LogP contribution in [-0.2, 0) is 13.1 Å². The van der Waals surface area contributed by atoms with Crippen LogP contribution in [0.2, 0.25) is 0 Å². The Morgan fingerprint density at radius 2 is 2.05 bits per heavy atom. The number of aromatic nitrogens is 2. The molecule has 96 valence electrons. The van der Waals surface area contributed by atoms with E-state index in [2.05, 4.69) is 15.3 Å². The zero-order valence-electron chi connectivity index (χ0n) is 10.2. The largest absolute Gasteiger partial charge is 0.468 e. The molecule has 0 aliphatic carbocycles. The van der Waals surface area contributed by atoms with Gasteiger partial charge in [0, 0.05) is 0 Å². The molecule has 0 saturated heterocycles. The molecule has 0 radical (unpaired) electrons. The third-order valence-corrected chi connectivity index (χ3v) is 2.83. The van der Waals surface area contributed by atoms with Gasteiger partial charge in [-0.05, 0) is 24.3 Å². The number of benzene rings is 1. The van der Waals surface area contributed by atoms with E-state index in [0.717, 1.165) is 5.76 Å². The van der Waals surface area contributed by atoms with Crippen molar-refractivity contribution in [1.29, 1.82) is 0 Å². The zero-order chi connectivity index (χ0) is 13.1. The van der Waals surface area contributed by atoms with Crippen molar-refractivity contribution in [3.05, 3.63) is 64.6 Å². The monoisotopic (exact) mass is 255 g/mol. The molecule has 3 rings (SSSR count). The average Bonchev–Trinajstić information content (AvgIpc) is 2.92. The van der Waals surface area contributed by atoms with Crippen LogP contribution in [-0.4, -0.2) is 9.97 Å². The third-order valence-electron chi connectivity index (χ3n) is 2.83. The summed E-state index contributed by atoms with van der Waals surface area (Å²) in [7, 11) is 0. The number of furan rings is 1. The van der Waals surface area contributed by atoms with Gasteiger partial charge in [0.2, 0.25) is 0 Å². The van der Waals surface area contributed by atoms with Gasteiger partial charge >= 0.3 is 0 Å². The molecule has 0 saturated carbocycles. The van der Waals surface area contributed by atoms with Gasteiger partial charge < -0.3 is 14.7 Å². The van der Waals surface area contributed by atoms with Crippen molar-refractivity contribution in [3.8, 4) is 0 Å². The molecule has 2 N–H and O–H groups in total. The Bertz CT molecular complexity index is 732. The normalized spacial score (nSPS) is 10.9. The number of nitrogens with zero attached hydrogens (tertiary/aromatic N) is 1. The molecule has 0 aliphatic rings. The maximum Gasteiger partial charge on any atom is 0.258 e. The highest BCUT2D eigenvalue weighted by Gasteiger charge is 2.03. The summed E-state index contributed by atoms with van der Waals surface area (Å²) in [5.74, 6) is 1.47. The summed E-state index contributed by atoms with van der Waals surface area (Å²) >= 11 is 0. The molecule has 1 aromatic carbocycles. The van der Waals surface area contributed by atoms with Crippen molar-refractivity contribution < 1.29 is 4.42 Å². The lowest BCUT2D eigenvalue weighted by atomic mass is 10.2. The highest BCUT2D eigenvalue weighted by molar-refractivity contribution is 5.77. The molecule has 0 spiro atoms. The molecule has 0 unspecified atom stereocenters. The van der Waals surface area contributed by atoms with Crippen molar-refractivity contribution >= 4 is 10.9 Å². The fourth-order valence-electron chi connectivity index (χ4n) is 1.94. The Morgan fingerprint density at radius 3 is 2.89 bits per heavy atom. The minimum atomic E-state index is -0.111. The number of para-hydroxylation sites is 1. The standard InChI is InChI=1S/C14H13N3O2/c18-14-11-5-1-2-6-12(11)16-13(17-14)9-15-8-10-4-3-7-19-10/h1-7,15H,8-9H2,(H,16,17,18). The van der Waals surface area contributed by atoms with Crippen molar-refractivity contribution in [2.75, 3.05) is 0 Å². The average molecular weight is 255 g/mol. The number of rotatable bonds is 4. The van der Waals surface area contributed by atoms with Gasteiger partial charge in [0.25, 0.3) is 5.56 Å². The second kappa shape index (κ2) is 5.07. The Kier molecular flexibility index (Phi) is 3.12. The lowest BCUT2D eigenvalue weighted by Gasteiger charge is -2.04. The Hall–Kier alpha value is -2.40. The molecule has 5 heteroatoms. The van der Waals surface area contributed by atoms with Crippen molar-refractivity contribution in [3.63, 3.8) is 0 Å². The third kappa shape index (κ3) is 2.56. The van der Waals surface area contributed by atoms with Crippen LogP contribution in [0.15, 0.2) is 51.9 Å². The molecule has 0 bridgehead atoms. The summed E-state index contributed by atoms with van der Waals surface area (Å²) in [4.78, 5) is 19.0. The highest BCUT2D eigenvalue weighted by atomic mass is 16.3. The van der Waals surface area contributed by atoms with E-state index in [4.69, 9.17) is 4.42 Å². The minimum Gasteiger partial charge on any atom is -0.468 e. The maximum atomic E-state index is 11.8. The van der Waals surface area contributed by atoms with E-state index in [1.807, 2.05) is 30.3 Å². The summed E-state index contributed by atoms with van der Waals surface area (Å²) in [5, 5.41) is 3.78. The smallest absolute Gasteiger partial charge is 0.258 e. The maximum absolute atomic E-state index is 11.8.